The molecule has 2 N–H and O–H groups in total. The third-order valence-electron chi connectivity index (χ3n) is 2.55. The fraction of sp³-hybridized carbons (Fsp3) is 0.364. The van der Waals surface area contributed by atoms with Gasteiger partial charge in [-0.05, 0) is 18.9 Å². The highest BCUT2D eigenvalue weighted by Crippen LogP contribution is 2.24. The summed E-state index contributed by atoms with van der Waals surface area (Å²) in [6.45, 7) is 0.908. The molecule has 1 fully saturated rings. The minimum absolute atomic E-state index is 0.752. The molecule has 0 spiro atoms. The molecule has 0 aromatic carbocycles. The lowest BCUT2D eigenvalue weighted by molar-refractivity contribution is 0.678. The van der Waals surface area contributed by atoms with Crippen molar-refractivity contribution in [2.75, 3.05) is 0 Å². The summed E-state index contributed by atoms with van der Waals surface area (Å²) in [7, 11) is 0. The zero-order valence-corrected chi connectivity index (χ0v) is 9.18. The second kappa shape index (κ2) is 3.79. The number of H-pyrrole nitrogens is 1. The van der Waals surface area contributed by atoms with E-state index in [2.05, 4.69) is 26.7 Å². The molecule has 0 bridgehead atoms. The quantitative estimate of drug-likeness (QED) is 0.829. The molecular weight excluding hydrogens is 206 g/mol. The van der Waals surface area contributed by atoms with Gasteiger partial charge in [-0.3, -0.25) is 0 Å². The van der Waals surface area contributed by atoms with E-state index in [1.807, 2.05) is 12.4 Å². The Morgan fingerprint density at radius 3 is 3.20 bits per heavy atom. The van der Waals surface area contributed by atoms with Gasteiger partial charge in [0.05, 0.1) is 5.69 Å². The van der Waals surface area contributed by atoms with E-state index >= 15 is 0 Å². The molecule has 4 heteroatoms. The smallest absolute Gasteiger partial charge is 0.125 e. The number of aromatic amines is 1. The molecule has 1 saturated carbocycles. The third-order valence-corrected chi connectivity index (χ3v) is 3.49. The van der Waals surface area contributed by atoms with E-state index < -0.39 is 0 Å². The van der Waals surface area contributed by atoms with Gasteiger partial charge in [-0.1, -0.05) is 0 Å². The average molecular weight is 219 g/mol. The van der Waals surface area contributed by atoms with Gasteiger partial charge in [-0.2, -0.15) is 0 Å². The van der Waals surface area contributed by atoms with Crippen molar-refractivity contribution in [2.45, 2.75) is 25.4 Å². The van der Waals surface area contributed by atoms with Crippen molar-refractivity contribution in [3.63, 3.8) is 0 Å². The Kier molecular flexibility index (Phi) is 2.31. The SMILES string of the molecule is c1cc(-c2nc(CNC3CC3)cs2)c[nH]1. The van der Waals surface area contributed by atoms with Crippen LogP contribution >= 0.6 is 11.3 Å². The number of hydrogen-bond acceptors (Lipinski definition) is 3. The van der Waals surface area contributed by atoms with Crippen molar-refractivity contribution in [2.24, 2.45) is 0 Å². The molecule has 78 valence electrons. The largest absolute Gasteiger partial charge is 0.367 e. The summed E-state index contributed by atoms with van der Waals surface area (Å²) in [5.74, 6) is 0. The Bertz CT molecular complexity index is 428. The first-order valence-electron chi connectivity index (χ1n) is 5.23. The standard InChI is InChI=1S/C11H13N3S/c1-2-9(1)13-6-10-7-15-11(14-10)8-3-4-12-5-8/h3-5,7,9,12-13H,1-2,6H2. The zero-order chi connectivity index (χ0) is 10.1. The first-order chi connectivity index (χ1) is 7.42. The first-order valence-corrected chi connectivity index (χ1v) is 6.11. The number of hydrogen-bond donors (Lipinski definition) is 2. The zero-order valence-electron chi connectivity index (χ0n) is 8.36. The van der Waals surface area contributed by atoms with E-state index in [1.54, 1.807) is 11.3 Å². The highest BCUT2D eigenvalue weighted by atomic mass is 32.1. The van der Waals surface area contributed by atoms with Crippen LogP contribution in [0, 0.1) is 0 Å². The first kappa shape index (κ1) is 9.12. The molecule has 0 atom stereocenters. The summed E-state index contributed by atoms with van der Waals surface area (Å²) in [4.78, 5) is 7.64. The molecule has 0 unspecified atom stereocenters. The summed E-state index contributed by atoms with van der Waals surface area (Å²) in [5.41, 5.74) is 2.33. The van der Waals surface area contributed by atoms with Crippen LogP contribution in [0.2, 0.25) is 0 Å². The van der Waals surface area contributed by atoms with Gasteiger partial charge in [0, 0.05) is 35.9 Å². The monoisotopic (exact) mass is 219 g/mol. The van der Waals surface area contributed by atoms with Crippen LogP contribution in [0.1, 0.15) is 18.5 Å². The molecule has 0 saturated heterocycles. The van der Waals surface area contributed by atoms with Gasteiger partial charge < -0.3 is 10.3 Å². The molecule has 3 nitrogen and oxygen atoms in total. The van der Waals surface area contributed by atoms with E-state index in [0.29, 0.717) is 0 Å². The van der Waals surface area contributed by atoms with E-state index in [0.717, 1.165) is 23.3 Å². The Morgan fingerprint density at radius 1 is 1.53 bits per heavy atom. The number of thiazole rings is 1. The number of rotatable bonds is 4. The lowest BCUT2D eigenvalue weighted by Gasteiger charge is -1.97. The van der Waals surface area contributed by atoms with Gasteiger partial charge in [-0.25, -0.2) is 4.98 Å². The third kappa shape index (κ3) is 2.11. The van der Waals surface area contributed by atoms with Crippen LogP contribution in [0.4, 0.5) is 0 Å². The molecular formula is C11H13N3S. The van der Waals surface area contributed by atoms with Gasteiger partial charge in [0.15, 0.2) is 0 Å². The van der Waals surface area contributed by atoms with Gasteiger partial charge in [0.25, 0.3) is 0 Å². The van der Waals surface area contributed by atoms with Crippen molar-refractivity contribution >= 4 is 11.3 Å². The highest BCUT2D eigenvalue weighted by molar-refractivity contribution is 7.13. The van der Waals surface area contributed by atoms with Gasteiger partial charge in [-0.15, -0.1) is 11.3 Å². The van der Waals surface area contributed by atoms with Gasteiger partial charge in [0.2, 0.25) is 0 Å². The molecule has 0 aliphatic heterocycles. The number of nitrogens with one attached hydrogen (secondary N) is 2. The minimum atomic E-state index is 0.752. The maximum absolute atomic E-state index is 4.59. The van der Waals surface area contributed by atoms with Crippen LogP contribution in [-0.4, -0.2) is 16.0 Å². The topological polar surface area (TPSA) is 40.7 Å². The van der Waals surface area contributed by atoms with E-state index in [1.165, 1.54) is 18.4 Å². The van der Waals surface area contributed by atoms with E-state index in [-0.39, 0.29) is 0 Å². The molecule has 0 radical (unpaired) electrons. The lowest BCUT2D eigenvalue weighted by atomic mass is 10.3. The maximum Gasteiger partial charge on any atom is 0.125 e. The molecule has 15 heavy (non-hydrogen) atoms. The Hall–Kier alpha value is -1.13. The normalized spacial score (nSPS) is 15.7. The summed E-state index contributed by atoms with van der Waals surface area (Å²) in [5, 5.41) is 6.71. The minimum Gasteiger partial charge on any atom is -0.367 e. The summed E-state index contributed by atoms with van der Waals surface area (Å²) >= 11 is 1.71. The predicted molar refractivity (Wildman–Crippen MR) is 61.8 cm³/mol. The predicted octanol–water partition coefficient (Wildman–Crippen LogP) is 2.39. The Labute approximate surface area is 92.6 Å². The van der Waals surface area contributed by atoms with Gasteiger partial charge in [0.1, 0.15) is 5.01 Å². The number of nitrogens with zero attached hydrogens (tertiary/aromatic N) is 1. The second-order valence-electron chi connectivity index (χ2n) is 3.90. The van der Waals surface area contributed by atoms with E-state index in [4.69, 9.17) is 0 Å². The van der Waals surface area contributed by atoms with E-state index in [9.17, 15) is 0 Å². The maximum atomic E-state index is 4.59. The molecule has 1 aliphatic rings. The van der Waals surface area contributed by atoms with Crippen LogP contribution in [-0.2, 0) is 6.54 Å². The van der Waals surface area contributed by atoms with Crippen LogP contribution in [0.25, 0.3) is 10.6 Å². The average Bonchev–Trinajstić information content (AvgIpc) is 2.78. The van der Waals surface area contributed by atoms with Crippen LogP contribution < -0.4 is 5.32 Å². The highest BCUT2D eigenvalue weighted by Gasteiger charge is 2.20. The van der Waals surface area contributed by atoms with Crippen molar-refractivity contribution in [1.82, 2.24) is 15.3 Å². The van der Waals surface area contributed by atoms with Crippen molar-refractivity contribution < 1.29 is 0 Å². The second-order valence-corrected chi connectivity index (χ2v) is 4.76. The van der Waals surface area contributed by atoms with Crippen molar-refractivity contribution in [1.29, 1.82) is 0 Å². The lowest BCUT2D eigenvalue weighted by Crippen LogP contribution is -2.15. The van der Waals surface area contributed by atoms with Crippen LogP contribution in [0.15, 0.2) is 23.8 Å². The molecule has 1 aliphatic carbocycles. The molecule has 3 rings (SSSR count). The van der Waals surface area contributed by atoms with Crippen molar-refractivity contribution in [3.05, 3.63) is 29.5 Å². The Balaban J connectivity index is 1.69. The van der Waals surface area contributed by atoms with Crippen LogP contribution in [0.5, 0.6) is 0 Å². The number of aromatic nitrogens is 2. The van der Waals surface area contributed by atoms with Crippen molar-refractivity contribution in [3.8, 4) is 10.6 Å². The fourth-order valence-corrected chi connectivity index (χ4v) is 2.33. The van der Waals surface area contributed by atoms with Crippen LogP contribution in [0.3, 0.4) is 0 Å². The molecule has 2 aromatic rings. The summed E-state index contributed by atoms with van der Waals surface area (Å²) in [6.07, 6.45) is 6.57. The summed E-state index contributed by atoms with van der Waals surface area (Å²) in [6, 6.07) is 2.80. The summed E-state index contributed by atoms with van der Waals surface area (Å²) < 4.78 is 0. The molecule has 0 amide bonds. The Morgan fingerprint density at radius 2 is 2.47 bits per heavy atom. The van der Waals surface area contributed by atoms with Gasteiger partial charge >= 0.3 is 0 Å². The fourth-order valence-electron chi connectivity index (χ4n) is 1.51. The molecule has 2 aromatic heterocycles. The molecule has 2 heterocycles.